The van der Waals surface area contributed by atoms with Gasteiger partial charge in [-0.2, -0.15) is 0 Å². The van der Waals surface area contributed by atoms with Gasteiger partial charge < -0.3 is 19.8 Å². The van der Waals surface area contributed by atoms with Crippen LogP contribution in [-0.2, 0) is 9.53 Å². The number of aromatic nitrogens is 2. The Hall–Kier alpha value is -2.55. The molecule has 0 aliphatic heterocycles. The molecule has 2 aromatic rings. The van der Waals surface area contributed by atoms with Gasteiger partial charge in [0.15, 0.2) is 0 Å². The van der Waals surface area contributed by atoms with Crippen LogP contribution in [0.4, 0.5) is 10.5 Å². The smallest absolute Gasteiger partial charge is 0.408 e. The topological polar surface area (TPSA) is 106 Å². The number of benzene rings is 1. The largest absolute Gasteiger partial charge is 0.444 e. The van der Waals surface area contributed by atoms with Crippen LogP contribution in [0, 0.1) is 19.8 Å². The minimum absolute atomic E-state index is 0.0541. The molecule has 1 aromatic carbocycles. The van der Waals surface area contributed by atoms with Gasteiger partial charge in [0, 0.05) is 5.69 Å². The molecule has 1 heterocycles. The van der Waals surface area contributed by atoms with Crippen LogP contribution in [0.3, 0.4) is 0 Å². The van der Waals surface area contributed by atoms with Gasteiger partial charge in [-0.15, -0.1) is 10.2 Å². The minimum Gasteiger partial charge on any atom is -0.444 e. The second-order valence-corrected chi connectivity index (χ2v) is 9.50. The summed E-state index contributed by atoms with van der Waals surface area (Å²) in [7, 11) is 0. The van der Waals surface area contributed by atoms with Crippen LogP contribution in [0.5, 0.6) is 0 Å². The van der Waals surface area contributed by atoms with Crippen molar-refractivity contribution in [3.05, 3.63) is 35.2 Å². The van der Waals surface area contributed by atoms with Crippen molar-refractivity contribution in [2.24, 2.45) is 5.92 Å². The first-order valence-corrected chi connectivity index (χ1v) is 11.3. The zero-order valence-corrected chi connectivity index (χ0v) is 20.1. The average molecular weight is 449 g/mol. The Morgan fingerprint density at radius 1 is 1.23 bits per heavy atom. The second-order valence-electron chi connectivity index (χ2n) is 8.57. The third-order valence-corrected chi connectivity index (χ3v) is 5.39. The molecule has 0 bridgehead atoms. The number of thioether (sulfide) groups is 1. The highest BCUT2D eigenvalue weighted by molar-refractivity contribution is 7.99. The highest BCUT2D eigenvalue weighted by atomic mass is 32.2. The molecule has 2 rings (SSSR count). The van der Waals surface area contributed by atoms with E-state index in [1.54, 1.807) is 20.8 Å². The third kappa shape index (κ3) is 7.90. The summed E-state index contributed by atoms with van der Waals surface area (Å²) in [5.41, 5.74) is 2.25. The van der Waals surface area contributed by atoms with E-state index in [2.05, 4.69) is 20.8 Å². The summed E-state index contributed by atoms with van der Waals surface area (Å²) >= 11 is 1.15. The van der Waals surface area contributed by atoms with E-state index in [-0.39, 0.29) is 28.7 Å². The van der Waals surface area contributed by atoms with Gasteiger partial charge in [0.05, 0.1) is 5.75 Å². The van der Waals surface area contributed by atoms with Crippen LogP contribution in [0.1, 0.15) is 64.1 Å². The van der Waals surface area contributed by atoms with Crippen molar-refractivity contribution in [1.29, 1.82) is 0 Å². The number of rotatable bonds is 8. The standard InChI is InChI=1S/C22H32N4O4S/c1-8-14(3)18(24-20(28)30-22(5,6)7)19-25-26-21(29-19)31-12-17(27)23-16-11-13(2)9-10-15(16)4/h9-11,14,18H,8,12H2,1-7H3,(H,23,27)(H,24,28)/t14?,18-/m0/s1. The van der Waals surface area contributed by atoms with Gasteiger partial charge in [0.25, 0.3) is 5.22 Å². The van der Waals surface area contributed by atoms with Crippen LogP contribution in [-0.4, -0.2) is 33.6 Å². The van der Waals surface area contributed by atoms with Gasteiger partial charge in [-0.05, 0) is 57.7 Å². The lowest BCUT2D eigenvalue weighted by Crippen LogP contribution is -2.37. The third-order valence-electron chi connectivity index (χ3n) is 4.57. The fraction of sp³-hybridized carbons (Fsp3) is 0.545. The number of hydrogen-bond acceptors (Lipinski definition) is 7. The van der Waals surface area contributed by atoms with E-state index in [4.69, 9.17) is 9.15 Å². The average Bonchev–Trinajstić information content (AvgIpc) is 3.14. The zero-order valence-electron chi connectivity index (χ0n) is 19.2. The summed E-state index contributed by atoms with van der Waals surface area (Å²) in [6.45, 7) is 13.3. The fourth-order valence-corrected chi connectivity index (χ4v) is 3.28. The number of carbonyl (C=O) groups excluding carboxylic acids is 2. The number of alkyl carbamates (subject to hydrolysis) is 1. The van der Waals surface area contributed by atoms with Crippen LogP contribution in [0.15, 0.2) is 27.8 Å². The molecular formula is C22H32N4O4S. The van der Waals surface area contributed by atoms with Crippen LogP contribution < -0.4 is 10.6 Å². The highest BCUT2D eigenvalue weighted by Crippen LogP contribution is 2.27. The van der Waals surface area contributed by atoms with Gasteiger partial charge in [-0.1, -0.05) is 44.2 Å². The molecule has 170 valence electrons. The maximum atomic E-state index is 12.3. The Kier molecular flexibility index (Phi) is 8.50. The molecule has 0 spiro atoms. The van der Waals surface area contributed by atoms with E-state index in [1.165, 1.54) is 0 Å². The van der Waals surface area contributed by atoms with E-state index in [0.29, 0.717) is 0 Å². The lowest BCUT2D eigenvalue weighted by Gasteiger charge is -2.24. The van der Waals surface area contributed by atoms with E-state index < -0.39 is 17.7 Å². The molecule has 0 aliphatic carbocycles. The Bertz CT molecular complexity index is 907. The molecule has 0 aliphatic rings. The fourth-order valence-electron chi connectivity index (χ4n) is 2.71. The maximum Gasteiger partial charge on any atom is 0.408 e. The number of nitrogens with one attached hydrogen (secondary N) is 2. The van der Waals surface area contributed by atoms with Gasteiger partial charge in [-0.25, -0.2) is 4.79 Å². The van der Waals surface area contributed by atoms with Crippen molar-refractivity contribution in [1.82, 2.24) is 15.5 Å². The van der Waals surface area contributed by atoms with Crippen molar-refractivity contribution in [2.45, 2.75) is 71.8 Å². The number of amides is 2. The van der Waals surface area contributed by atoms with E-state index >= 15 is 0 Å². The summed E-state index contributed by atoms with van der Waals surface area (Å²) in [5.74, 6) is 0.308. The first-order chi connectivity index (χ1) is 14.5. The number of carbonyl (C=O) groups is 2. The molecule has 9 heteroatoms. The molecule has 1 unspecified atom stereocenters. The molecule has 8 nitrogen and oxygen atoms in total. The summed E-state index contributed by atoms with van der Waals surface area (Å²) in [4.78, 5) is 24.6. The monoisotopic (exact) mass is 448 g/mol. The molecule has 2 atom stereocenters. The summed E-state index contributed by atoms with van der Waals surface area (Å²) < 4.78 is 11.1. The second kappa shape index (κ2) is 10.7. The lowest BCUT2D eigenvalue weighted by atomic mass is 9.99. The first kappa shape index (κ1) is 24.7. The van der Waals surface area contributed by atoms with Gasteiger partial charge in [-0.3, -0.25) is 4.79 Å². The Morgan fingerprint density at radius 3 is 2.58 bits per heavy atom. The van der Waals surface area contributed by atoms with Crippen molar-refractivity contribution in [2.75, 3.05) is 11.1 Å². The van der Waals surface area contributed by atoms with Gasteiger partial charge in [0.1, 0.15) is 11.6 Å². The predicted molar refractivity (Wildman–Crippen MR) is 121 cm³/mol. The first-order valence-electron chi connectivity index (χ1n) is 10.3. The Labute approximate surface area is 187 Å². The molecule has 2 amide bonds. The number of ether oxygens (including phenoxy) is 1. The normalized spacial score (nSPS) is 13.4. The van der Waals surface area contributed by atoms with E-state index in [9.17, 15) is 9.59 Å². The van der Waals surface area contributed by atoms with Crippen molar-refractivity contribution in [3.63, 3.8) is 0 Å². The van der Waals surface area contributed by atoms with Crippen molar-refractivity contribution < 1.29 is 18.7 Å². The summed E-state index contributed by atoms with van der Waals surface area (Å²) in [6, 6.07) is 5.42. The molecule has 2 N–H and O–H groups in total. The Morgan fingerprint density at radius 2 is 1.94 bits per heavy atom. The van der Waals surface area contributed by atoms with Crippen LogP contribution in [0.2, 0.25) is 0 Å². The van der Waals surface area contributed by atoms with Crippen molar-refractivity contribution in [3.8, 4) is 0 Å². The Balaban J connectivity index is 2.00. The molecule has 31 heavy (non-hydrogen) atoms. The quantitative estimate of drug-likeness (QED) is 0.546. The van der Waals surface area contributed by atoms with Gasteiger partial charge in [0.2, 0.25) is 11.8 Å². The van der Waals surface area contributed by atoms with Crippen molar-refractivity contribution >= 4 is 29.4 Å². The SMILES string of the molecule is CCC(C)[C@H](NC(=O)OC(C)(C)C)c1nnc(SCC(=O)Nc2cc(C)ccc2C)o1. The molecule has 0 saturated carbocycles. The predicted octanol–water partition coefficient (Wildman–Crippen LogP) is 5.03. The summed E-state index contributed by atoms with van der Waals surface area (Å²) in [5, 5.41) is 14.1. The molecule has 0 fully saturated rings. The number of hydrogen-bond donors (Lipinski definition) is 2. The number of anilines is 1. The highest BCUT2D eigenvalue weighted by Gasteiger charge is 2.28. The van der Waals surface area contributed by atoms with Crippen LogP contribution >= 0.6 is 11.8 Å². The molecule has 1 aromatic heterocycles. The molecule has 0 saturated heterocycles. The van der Waals surface area contributed by atoms with E-state index in [0.717, 1.165) is 35.0 Å². The van der Waals surface area contributed by atoms with Crippen LogP contribution in [0.25, 0.3) is 0 Å². The maximum absolute atomic E-state index is 12.3. The number of aryl methyl sites for hydroxylation is 2. The minimum atomic E-state index is -0.608. The van der Waals surface area contributed by atoms with E-state index in [1.807, 2.05) is 45.9 Å². The zero-order chi connectivity index (χ0) is 23.2. The molecule has 0 radical (unpaired) electrons. The number of nitrogens with zero attached hydrogens (tertiary/aromatic N) is 2. The lowest BCUT2D eigenvalue weighted by molar-refractivity contribution is -0.113. The summed E-state index contributed by atoms with van der Waals surface area (Å²) in [6.07, 6.45) is 0.252. The van der Waals surface area contributed by atoms with Gasteiger partial charge >= 0.3 is 6.09 Å². The molecular weight excluding hydrogens is 416 g/mol.